The molecule has 0 unspecified atom stereocenters. The van der Waals surface area contributed by atoms with Crippen LogP contribution in [0, 0.1) is 0 Å². The van der Waals surface area contributed by atoms with Gasteiger partial charge in [-0.25, -0.2) is 0 Å². The van der Waals surface area contributed by atoms with Gasteiger partial charge in [0, 0.05) is 0 Å². The molecule has 1 fully saturated rings. The van der Waals surface area contributed by atoms with Crippen molar-refractivity contribution in [3.8, 4) is 0 Å². The number of piperidine rings is 1. The second kappa shape index (κ2) is 11.7. The molecule has 28 heavy (non-hydrogen) atoms. The van der Waals surface area contributed by atoms with E-state index < -0.39 is 39.0 Å². The van der Waals surface area contributed by atoms with E-state index in [0.29, 0.717) is 10.2 Å². The maximum absolute atomic E-state index is 12.6. The minimum atomic E-state index is -4.27. The summed E-state index contributed by atoms with van der Waals surface area (Å²) in [6, 6.07) is 5.48. The van der Waals surface area contributed by atoms with Crippen molar-refractivity contribution in [2.24, 2.45) is 3.95 Å². The van der Waals surface area contributed by atoms with Crippen LogP contribution in [-0.2, 0) is 12.6 Å². The number of hydrogen-bond donors (Lipinski definition) is 3. The van der Waals surface area contributed by atoms with Gasteiger partial charge >= 0.3 is 161 Å². The summed E-state index contributed by atoms with van der Waals surface area (Å²) in [5, 5.41) is 17.7. The van der Waals surface area contributed by atoms with Crippen molar-refractivity contribution in [3.63, 3.8) is 0 Å². The molecule has 1 aliphatic heterocycles. The van der Waals surface area contributed by atoms with Crippen LogP contribution in [0.1, 0.15) is 43.2 Å². The fourth-order valence-electron chi connectivity index (χ4n) is 3.50. The number of aryl methyl sites for hydroxylation is 1. The van der Waals surface area contributed by atoms with Gasteiger partial charge in [-0.1, -0.05) is 0 Å². The Labute approximate surface area is 173 Å². The van der Waals surface area contributed by atoms with E-state index in [1.807, 2.05) is 0 Å². The topological polar surface area (TPSA) is 69.7 Å². The number of hydrogen-bond acceptors (Lipinski definition) is 4. The van der Waals surface area contributed by atoms with Gasteiger partial charge in [0.05, 0.1) is 0 Å². The standard InChI is InChI=1S/C19H31BF3IN2O2/c21-19(22,23)17-7-5-16(6-8-17)4-3-13-26-14-9-18(10-15-26)24(25)12-2-1-11-20(27)28/h5-8,18,27-28H,1-4,9-15,25H2. The molecule has 0 amide bonds. The van der Waals surface area contributed by atoms with Gasteiger partial charge in [-0.15, -0.1) is 0 Å². The molecule has 1 aliphatic rings. The predicted molar refractivity (Wildman–Crippen MR) is 117 cm³/mol. The molecule has 0 aliphatic carbocycles. The Balaban J connectivity index is 1.61. The molecule has 0 spiro atoms. The Morgan fingerprint density at radius 3 is 2.29 bits per heavy atom. The average molecular weight is 514 g/mol. The summed E-state index contributed by atoms with van der Waals surface area (Å²) in [5.74, 6) is 0. The van der Waals surface area contributed by atoms with Crippen molar-refractivity contribution in [2.45, 2.75) is 54.9 Å². The first-order valence-corrected chi connectivity index (χ1v) is 13.9. The fraction of sp³-hybridized carbons (Fsp3) is 0.684. The number of alkyl halides is 5. The number of likely N-dealkylation sites (tertiary alicyclic amines) is 1. The zero-order valence-corrected chi connectivity index (χ0v) is 18.3. The van der Waals surface area contributed by atoms with Crippen LogP contribution in [0.25, 0.3) is 0 Å². The first kappa shape index (κ1) is 23.9. The van der Waals surface area contributed by atoms with Crippen LogP contribution >= 0.6 is 20.1 Å². The monoisotopic (exact) mass is 514 g/mol. The fourth-order valence-corrected chi connectivity index (χ4v) is 7.96. The summed E-state index contributed by atoms with van der Waals surface area (Å²) < 4.78 is 46.0. The van der Waals surface area contributed by atoms with Crippen molar-refractivity contribution in [3.05, 3.63) is 35.4 Å². The predicted octanol–water partition coefficient (Wildman–Crippen LogP) is 3.74. The van der Waals surface area contributed by atoms with Crippen LogP contribution in [0.5, 0.6) is 0 Å². The molecule has 0 aromatic heterocycles. The Morgan fingerprint density at radius 1 is 1.07 bits per heavy atom. The van der Waals surface area contributed by atoms with Crippen molar-refractivity contribution in [2.75, 3.05) is 24.1 Å². The van der Waals surface area contributed by atoms with Gasteiger partial charge in [-0.2, -0.15) is 13.2 Å². The van der Waals surface area contributed by atoms with Crippen LogP contribution in [0.3, 0.4) is 0 Å². The van der Waals surface area contributed by atoms with Gasteiger partial charge < -0.3 is 0 Å². The number of benzene rings is 1. The summed E-state index contributed by atoms with van der Waals surface area (Å²) in [6.45, 7) is 3.08. The summed E-state index contributed by atoms with van der Waals surface area (Å²) >= 11 is -1.43. The van der Waals surface area contributed by atoms with Gasteiger partial charge in [0.1, 0.15) is 0 Å². The van der Waals surface area contributed by atoms with Crippen molar-refractivity contribution >= 4 is 27.2 Å². The summed E-state index contributed by atoms with van der Waals surface area (Å²) in [4.78, 5) is 2.44. The third-order valence-corrected chi connectivity index (χ3v) is 10.7. The van der Waals surface area contributed by atoms with E-state index in [9.17, 15) is 13.2 Å². The first-order valence-electron chi connectivity index (χ1n) is 9.89. The Hall–Kier alpha value is -0.355. The molecule has 4 N–H and O–H groups in total. The zero-order valence-electron chi connectivity index (χ0n) is 16.2. The van der Waals surface area contributed by atoms with E-state index in [4.69, 9.17) is 14.0 Å². The maximum atomic E-state index is 12.6. The number of rotatable bonds is 10. The molecule has 1 aromatic carbocycles. The normalized spacial score (nSPS) is 17.0. The summed E-state index contributed by atoms with van der Waals surface area (Å²) in [5.41, 5.74) is 0.359. The second-order valence-electron chi connectivity index (χ2n) is 7.41. The van der Waals surface area contributed by atoms with E-state index in [-0.39, 0.29) is 0 Å². The number of nitrogens with two attached hydrogens (primary N) is 1. The minimum absolute atomic E-state index is 0.432. The van der Waals surface area contributed by atoms with Crippen LogP contribution in [-0.4, -0.2) is 50.1 Å². The van der Waals surface area contributed by atoms with E-state index in [2.05, 4.69) is 4.90 Å². The third kappa shape index (κ3) is 8.56. The quantitative estimate of drug-likeness (QED) is 0.146. The Morgan fingerprint density at radius 2 is 1.71 bits per heavy atom. The van der Waals surface area contributed by atoms with E-state index in [1.165, 1.54) is 0 Å². The Kier molecular flexibility index (Phi) is 10.0. The first-order chi connectivity index (χ1) is 13.3. The molecule has 0 atom stereocenters. The number of unbranched alkanes of at least 4 members (excludes halogenated alkanes) is 1. The molecule has 0 radical (unpaired) electrons. The number of halogens is 4. The van der Waals surface area contributed by atoms with E-state index in [1.54, 1.807) is 12.1 Å². The number of nitrogens with zero attached hydrogens (tertiary/aromatic N) is 1. The molecular formula is C19H31BF3IN2O2. The zero-order chi connectivity index (χ0) is 20.6. The SMILES string of the molecule is NI(CCCCB(O)O)C1CCN(CCCc2ccc(C(F)(F)F)cc2)CC1. The molecule has 4 nitrogen and oxygen atoms in total. The Bertz CT molecular complexity index is 567. The summed E-state index contributed by atoms with van der Waals surface area (Å²) in [6.07, 6.45) is 2.01. The molecule has 2 rings (SSSR count). The molecule has 160 valence electrons. The molecule has 1 heterocycles. The van der Waals surface area contributed by atoms with Gasteiger partial charge in [0.25, 0.3) is 0 Å². The van der Waals surface area contributed by atoms with E-state index >= 15 is 0 Å². The van der Waals surface area contributed by atoms with Gasteiger partial charge in [0.15, 0.2) is 0 Å². The molecule has 1 aromatic rings. The van der Waals surface area contributed by atoms with Crippen LogP contribution in [0.15, 0.2) is 24.3 Å². The molecule has 0 bridgehead atoms. The van der Waals surface area contributed by atoms with Gasteiger partial charge in [-0.3, -0.25) is 0 Å². The van der Waals surface area contributed by atoms with Gasteiger partial charge in [0.2, 0.25) is 0 Å². The third-order valence-electron chi connectivity index (χ3n) is 5.20. The molecule has 1 saturated heterocycles. The van der Waals surface area contributed by atoms with Crippen LogP contribution in [0.4, 0.5) is 13.2 Å². The van der Waals surface area contributed by atoms with Crippen molar-refractivity contribution in [1.82, 2.24) is 4.90 Å². The van der Waals surface area contributed by atoms with Crippen LogP contribution in [0.2, 0.25) is 6.32 Å². The summed E-state index contributed by atoms with van der Waals surface area (Å²) in [7, 11) is -1.20. The molecular weight excluding hydrogens is 483 g/mol. The molecule has 0 saturated carbocycles. The van der Waals surface area contributed by atoms with Crippen molar-refractivity contribution < 1.29 is 23.2 Å². The van der Waals surface area contributed by atoms with Gasteiger partial charge in [-0.05, 0) is 0 Å². The van der Waals surface area contributed by atoms with E-state index in [0.717, 1.165) is 80.3 Å². The van der Waals surface area contributed by atoms with Crippen LogP contribution < -0.4 is 3.95 Å². The molecule has 9 heteroatoms. The second-order valence-corrected chi connectivity index (χ2v) is 12.7. The average Bonchev–Trinajstić information content (AvgIpc) is 2.65. The van der Waals surface area contributed by atoms with Crippen molar-refractivity contribution in [1.29, 1.82) is 0 Å².